The Bertz CT molecular complexity index is 1230. The van der Waals surface area contributed by atoms with Crippen molar-refractivity contribution in [2.75, 3.05) is 23.1 Å². The Labute approximate surface area is 209 Å². The van der Waals surface area contributed by atoms with Crippen molar-refractivity contribution in [2.45, 2.75) is 24.5 Å². The van der Waals surface area contributed by atoms with Crippen molar-refractivity contribution in [2.24, 2.45) is 0 Å². The van der Waals surface area contributed by atoms with Crippen LogP contribution in [-0.4, -0.2) is 33.2 Å². The van der Waals surface area contributed by atoms with Gasteiger partial charge in [0, 0.05) is 28.6 Å². The van der Waals surface area contributed by atoms with Gasteiger partial charge in [0.05, 0.1) is 10.6 Å². The van der Waals surface area contributed by atoms with Crippen LogP contribution in [0.5, 0.6) is 0 Å². The van der Waals surface area contributed by atoms with E-state index >= 15 is 0 Å². The standard InChI is InChI=1S/C25H26ClFN2O3S2/c1-18-11-12-19(2)24(15-18)29(34(31,32)20-7-4-3-5-8-20)16-25(30)28-13-14-33-17-21-22(26)9-6-10-23(21)27/h3-12,15H,13-14,16-17H2,1-2H3,(H,28,30). The summed E-state index contributed by atoms with van der Waals surface area (Å²) in [6.07, 6.45) is 0. The fourth-order valence-corrected chi connectivity index (χ4v) is 6.00. The molecular weight excluding hydrogens is 495 g/mol. The van der Waals surface area contributed by atoms with Gasteiger partial charge in [-0.3, -0.25) is 9.10 Å². The van der Waals surface area contributed by atoms with Crippen molar-refractivity contribution >= 4 is 45.0 Å². The minimum absolute atomic E-state index is 0.112. The van der Waals surface area contributed by atoms with E-state index in [2.05, 4.69) is 5.32 Å². The number of hydrogen-bond donors (Lipinski definition) is 1. The predicted molar refractivity (Wildman–Crippen MR) is 137 cm³/mol. The van der Waals surface area contributed by atoms with Gasteiger partial charge in [0.25, 0.3) is 10.0 Å². The van der Waals surface area contributed by atoms with Gasteiger partial charge in [-0.1, -0.05) is 48.0 Å². The number of hydrogen-bond acceptors (Lipinski definition) is 4. The monoisotopic (exact) mass is 520 g/mol. The molecule has 0 aliphatic heterocycles. The summed E-state index contributed by atoms with van der Waals surface area (Å²) >= 11 is 7.47. The molecule has 0 bridgehead atoms. The van der Waals surface area contributed by atoms with Gasteiger partial charge in [-0.15, -0.1) is 0 Å². The molecule has 3 aromatic carbocycles. The third kappa shape index (κ3) is 6.52. The number of rotatable bonds is 10. The summed E-state index contributed by atoms with van der Waals surface area (Å²) in [4.78, 5) is 12.8. The van der Waals surface area contributed by atoms with Crippen LogP contribution in [0, 0.1) is 19.7 Å². The van der Waals surface area contributed by atoms with Gasteiger partial charge in [0.2, 0.25) is 5.91 Å². The van der Waals surface area contributed by atoms with E-state index in [0.29, 0.717) is 34.3 Å². The summed E-state index contributed by atoms with van der Waals surface area (Å²) in [5.41, 5.74) is 2.52. The van der Waals surface area contributed by atoms with Gasteiger partial charge in [-0.05, 0) is 55.3 Å². The number of benzene rings is 3. The normalized spacial score (nSPS) is 11.3. The molecule has 0 fully saturated rings. The summed E-state index contributed by atoms with van der Waals surface area (Å²) in [6.45, 7) is 3.63. The van der Waals surface area contributed by atoms with Crippen molar-refractivity contribution < 1.29 is 17.6 Å². The number of thioether (sulfide) groups is 1. The molecule has 0 saturated heterocycles. The van der Waals surface area contributed by atoms with Crippen LogP contribution < -0.4 is 9.62 Å². The van der Waals surface area contributed by atoms with E-state index in [-0.39, 0.29) is 17.3 Å². The van der Waals surface area contributed by atoms with Crippen LogP contribution in [0.4, 0.5) is 10.1 Å². The number of nitrogens with one attached hydrogen (secondary N) is 1. The molecule has 0 aromatic heterocycles. The maximum atomic E-state index is 13.9. The van der Waals surface area contributed by atoms with E-state index in [1.54, 1.807) is 36.4 Å². The molecule has 5 nitrogen and oxygen atoms in total. The minimum Gasteiger partial charge on any atom is -0.354 e. The van der Waals surface area contributed by atoms with E-state index < -0.39 is 15.9 Å². The first-order chi connectivity index (χ1) is 16.2. The van der Waals surface area contributed by atoms with E-state index in [4.69, 9.17) is 11.6 Å². The second kappa shape index (κ2) is 11.7. The highest BCUT2D eigenvalue weighted by atomic mass is 35.5. The molecule has 1 N–H and O–H groups in total. The summed E-state index contributed by atoms with van der Waals surface area (Å²) in [6, 6.07) is 18.1. The molecule has 0 aliphatic rings. The Morgan fingerprint density at radius 2 is 1.79 bits per heavy atom. The van der Waals surface area contributed by atoms with Crippen LogP contribution in [0.3, 0.4) is 0 Å². The number of carbonyl (C=O) groups excluding carboxylic acids is 1. The lowest BCUT2D eigenvalue weighted by Crippen LogP contribution is -2.41. The van der Waals surface area contributed by atoms with Crippen molar-refractivity contribution in [3.63, 3.8) is 0 Å². The molecule has 1 amide bonds. The second-order valence-electron chi connectivity index (χ2n) is 7.72. The van der Waals surface area contributed by atoms with Crippen molar-refractivity contribution in [1.29, 1.82) is 0 Å². The Morgan fingerprint density at radius 1 is 1.06 bits per heavy atom. The molecule has 9 heteroatoms. The van der Waals surface area contributed by atoms with E-state index in [0.717, 1.165) is 15.4 Å². The third-order valence-electron chi connectivity index (χ3n) is 5.13. The smallest absolute Gasteiger partial charge is 0.264 e. The van der Waals surface area contributed by atoms with Gasteiger partial charge < -0.3 is 5.32 Å². The van der Waals surface area contributed by atoms with E-state index in [1.807, 2.05) is 26.0 Å². The van der Waals surface area contributed by atoms with Gasteiger partial charge in [0.15, 0.2) is 0 Å². The number of carbonyl (C=O) groups is 1. The Kier molecular flexibility index (Phi) is 8.99. The van der Waals surface area contributed by atoms with Crippen LogP contribution in [0.25, 0.3) is 0 Å². The highest BCUT2D eigenvalue weighted by Crippen LogP contribution is 2.28. The molecule has 3 aromatic rings. The number of amides is 1. The molecule has 0 radical (unpaired) electrons. The minimum atomic E-state index is -3.96. The first-order valence-electron chi connectivity index (χ1n) is 10.6. The van der Waals surface area contributed by atoms with Crippen LogP contribution in [0.2, 0.25) is 5.02 Å². The maximum absolute atomic E-state index is 13.9. The van der Waals surface area contributed by atoms with Gasteiger partial charge >= 0.3 is 0 Å². The summed E-state index contributed by atoms with van der Waals surface area (Å²) in [5.74, 6) is 0.105. The molecule has 0 saturated carbocycles. The van der Waals surface area contributed by atoms with Gasteiger partial charge in [0.1, 0.15) is 12.4 Å². The van der Waals surface area contributed by atoms with Gasteiger partial charge in [-0.25, -0.2) is 12.8 Å². The molecule has 3 rings (SSSR count). The Morgan fingerprint density at radius 3 is 2.50 bits per heavy atom. The third-order valence-corrected chi connectivity index (χ3v) is 8.24. The molecule has 34 heavy (non-hydrogen) atoms. The van der Waals surface area contributed by atoms with E-state index in [9.17, 15) is 17.6 Å². The zero-order valence-electron chi connectivity index (χ0n) is 18.9. The lowest BCUT2D eigenvalue weighted by molar-refractivity contribution is -0.119. The number of halogens is 2. The van der Waals surface area contributed by atoms with Crippen molar-refractivity contribution in [3.05, 3.63) is 94.3 Å². The van der Waals surface area contributed by atoms with Crippen LogP contribution in [-0.2, 0) is 20.6 Å². The second-order valence-corrected chi connectivity index (χ2v) is 11.1. The Hall–Kier alpha value is -2.55. The van der Waals surface area contributed by atoms with Crippen molar-refractivity contribution in [3.8, 4) is 0 Å². The van der Waals surface area contributed by atoms with Crippen LogP contribution in [0.15, 0.2) is 71.6 Å². The van der Waals surface area contributed by atoms with Crippen LogP contribution in [0.1, 0.15) is 16.7 Å². The molecule has 0 atom stereocenters. The van der Waals surface area contributed by atoms with Crippen LogP contribution >= 0.6 is 23.4 Å². The SMILES string of the molecule is Cc1ccc(C)c(N(CC(=O)NCCSCc2c(F)cccc2Cl)S(=O)(=O)c2ccccc2)c1. The molecule has 0 heterocycles. The lowest BCUT2D eigenvalue weighted by Gasteiger charge is -2.26. The number of nitrogens with zero attached hydrogens (tertiary/aromatic N) is 1. The average molecular weight is 521 g/mol. The first-order valence-corrected chi connectivity index (χ1v) is 13.6. The molecule has 180 valence electrons. The highest BCUT2D eigenvalue weighted by molar-refractivity contribution is 7.98. The van der Waals surface area contributed by atoms with E-state index in [1.165, 1.54) is 30.0 Å². The van der Waals surface area contributed by atoms with Crippen molar-refractivity contribution in [1.82, 2.24) is 5.32 Å². The summed E-state index contributed by atoms with van der Waals surface area (Å²) < 4.78 is 41.9. The summed E-state index contributed by atoms with van der Waals surface area (Å²) in [5, 5.41) is 3.13. The number of anilines is 1. The topological polar surface area (TPSA) is 66.5 Å². The lowest BCUT2D eigenvalue weighted by atomic mass is 10.1. The first kappa shape index (κ1) is 26.1. The zero-order chi connectivity index (χ0) is 24.7. The Balaban J connectivity index is 1.68. The fourth-order valence-electron chi connectivity index (χ4n) is 3.30. The highest BCUT2D eigenvalue weighted by Gasteiger charge is 2.28. The molecule has 0 spiro atoms. The molecule has 0 aliphatic carbocycles. The predicted octanol–water partition coefficient (Wildman–Crippen LogP) is 5.34. The zero-order valence-corrected chi connectivity index (χ0v) is 21.3. The molecular formula is C25H26ClFN2O3S2. The average Bonchev–Trinajstić information content (AvgIpc) is 2.81. The molecule has 0 unspecified atom stereocenters. The fraction of sp³-hybridized carbons (Fsp3) is 0.240. The number of aryl methyl sites for hydroxylation is 2. The number of sulfonamides is 1. The largest absolute Gasteiger partial charge is 0.354 e. The maximum Gasteiger partial charge on any atom is 0.264 e. The quantitative estimate of drug-likeness (QED) is 0.366. The van der Waals surface area contributed by atoms with Gasteiger partial charge in [-0.2, -0.15) is 11.8 Å². The summed E-state index contributed by atoms with van der Waals surface area (Å²) in [7, 11) is -3.96.